The van der Waals surface area contributed by atoms with Crippen LogP contribution < -0.4 is 20.3 Å². The summed E-state index contributed by atoms with van der Waals surface area (Å²) in [6, 6.07) is 13.0. The third-order valence-corrected chi connectivity index (χ3v) is 4.52. The number of nitrogens with one attached hydrogen (secondary N) is 2. The molecule has 4 rings (SSSR count). The van der Waals surface area contributed by atoms with Crippen LogP contribution in [0, 0.1) is 6.92 Å². The van der Waals surface area contributed by atoms with Gasteiger partial charge in [0, 0.05) is 29.3 Å². The van der Waals surface area contributed by atoms with E-state index in [0.29, 0.717) is 42.4 Å². The third-order valence-electron chi connectivity index (χ3n) is 4.52. The first-order valence-electron chi connectivity index (χ1n) is 8.90. The van der Waals surface area contributed by atoms with Gasteiger partial charge in [0.2, 0.25) is 5.91 Å². The number of rotatable bonds is 4. The molecule has 2 aromatic carbocycles. The maximum Gasteiger partial charge on any atom is 0.251 e. The zero-order valence-electron chi connectivity index (χ0n) is 15.0. The van der Waals surface area contributed by atoms with Crippen LogP contribution in [0.4, 0.5) is 5.69 Å². The van der Waals surface area contributed by atoms with Gasteiger partial charge in [-0.05, 0) is 49.1 Å². The Bertz CT molecular complexity index is 1070. The summed E-state index contributed by atoms with van der Waals surface area (Å²) in [5.74, 6) is 1.15. The highest BCUT2D eigenvalue weighted by Crippen LogP contribution is 2.32. The maximum atomic E-state index is 12.3. The predicted molar refractivity (Wildman–Crippen MR) is 104 cm³/mol. The molecule has 1 aliphatic heterocycles. The van der Waals surface area contributed by atoms with Gasteiger partial charge in [-0.1, -0.05) is 11.6 Å². The molecular weight excluding hydrogens is 344 g/mol. The number of hydrogen-bond acceptors (Lipinski definition) is 4. The summed E-state index contributed by atoms with van der Waals surface area (Å²) in [5.41, 5.74) is 3.02. The van der Waals surface area contributed by atoms with Crippen molar-refractivity contribution in [2.24, 2.45) is 0 Å². The summed E-state index contributed by atoms with van der Waals surface area (Å²) < 4.78 is 11.0. The average Bonchev–Trinajstić information content (AvgIpc) is 2.66. The molecule has 6 nitrogen and oxygen atoms in total. The second-order valence-electron chi connectivity index (χ2n) is 6.62. The van der Waals surface area contributed by atoms with Crippen molar-refractivity contribution < 1.29 is 14.3 Å². The number of carbonyl (C=O) groups excluding carboxylic acids is 1. The van der Waals surface area contributed by atoms with E-state index < -0.39 is 0 Å². The lowest BCUT2D eigenvalue weighted by molar-refractivity contribution is -0.116. The summed E-state index contributed by atoms with van der Waals surface area (Å²) in [4.78, 5) is 27.4. The molecule has 2 heterocycles. The molecule has 1 aromatic heterocycles. The van der Waals surface area contributed by atoms with E-state index >= 15 is 0 Å². The largest absolute Gasteiger partial charge is 0.486 e. The molecule has 0 saturated heterocycles. The van der Waals surface area contributed by atoms with Gasteiger partial charge >= 0.3 is 0 Å². The van der Waals surface area contributed by atoms with Crippen molar-refractivity contribution in [2.75, 3.05) is 18.5 Å². The van der Waals surface area contributed by atoms with Gasteiger partial charge < -0.3 is 19.8 Å². The highest BCUT2D eigenvalue weighted by Gasteiger charge is 2.13. The molecule has 1 aliphatic rings. The van der Waals surface area contributed by atoms with Crippen molar-refractivity contribution in [3.05, 3.63) is 63.9 Å². The van der Waals surface area contributed by atoms with Gasteiger partial charge in [-0.15, -0.1) is 0 Å². The lowest BCUT2D eigenvalue weighted by atomic mass is 10.1. The number of anilines is 1. The number of H-pyrrole nitrogens is 1. The Kier molecular flexibility index (Phi) is 4.54. The molecule has 138 valence electrons. The molecule has 0 radical (unpaired) electrons. The second-order valence-corrected chi connectivity index (χ2v) is 6.62. The molecule has 0 saturated carbocycles. The molecule has 0 spiro atoms. The SMILES string of the molecule is Cc1ccc2[nH]c(=O)c(CCC(=O)Nc3ccc4c(c3)OCCO4)cc2c1. The number of aromatic nitrogens is 1. The van der Waals surface area contributed by atoms with Crippen LogP contribution in [0.15, 0.2) is 47.3 Å². The lowest BCUT2D eigenvalue weighted by Crippen LogP contribution is -2.18. The molecule has 27 heavy (non-hydrogen) atoms. The Labute approximate surface area is 156 Å². The van der Waals surface area contributed by atoms with E-state index in [1.54, 1.807) is 18.2 Å². The summed E-state index contributed by atoms with van der Waals surface area (Å²) in [6.07, 6.45) is 0.588. The fourth-order valence-electron chi connectivity index (χ4n) is 3.15. The highest BCUT2D eigenvalue weighted by atomic mass is 16.6. The van der Waals surface area contributed by atoms with Crippen molar-refractivity contribution in [1.82, 2.24) is 4.98 Å². The van der Waals surface area contributed by atoms with Crippen molar-refractivity contribution in [1.29, 1.82) is 0 Å². The van der Waals surface area contributed by atoms with Crippen molar-refractivity contribution in [2.45, 2.75) is 19.8 Å². The van der Waals surface area contributed by atoms with Crippen LogP contribution in [-0.2, 0) is 11.2 Å². The molecule has 0 atom stereocenters. The van der Waals surface area contributed by atoms with E-state index in [4.69, 9.17) is 9.47 Å². The van der Waals surface area contributed by atoms with Gasteiger partial charge in [0.1, 0.15) is 13.2 Å². The molecule has 0 aliphatic carbocycles. The fraction of sp³-hybridized carbons (Fsp3) is 0.238. The van der Waals surface area contributed by atoms with Gasteiger partial charge in [0.05, 0.1) is 0 Å². The number of aromatic amines is 1. The number of benzene rings is 2. The van der Waals surface area contributed by atoms with Gasteiger partial charge in [0.15, 0.2) is 11.5 Å². The topological polar surface area (TPSA) is 80.4 Å². The zero-order valence-corrected chi connectivity index (χ0v) is 15.0. The van der Waals surface area contributed by atoms with E-state index in [1.165, 1.54) is 0 Å². The molecule has 0 bridgehead atoms. The molecule has 0 unspecified atom stereocenters. The summed E-state index contributed by atoms with van der Waals surface area (Å²) in [5, 5.41) is 3.81. The molecule has 2 N–H and O–H groups in total. The third kappa shape index (κ3) is 3.79. The quantitative estimate of drug-likeness (QED) is 0.745. The van der Waals surface area contributed by atoms with Crippen LogP contribution in [0.3, 0.4) is 0 Å². The molecular formula is C21H20N2O4. The summed E-state index contributed by atoms with van der Waals surface area (Å²) in [6.45, 7) is 3.03. The fourth-order valence-corrected chi connectivity index (χ4v) is 3.15. The smallest absolute Gasteiger partial charge is 0.251 e. The minimum Gasteiger partial charge on any atom is -0.486 e. The molecule has 0 fully saturated rings. The minimum absolute atomic E-state index is 0.154. The number of ether oxygens (including phenoxy) is 2. The molecule has 6 heteroatoms. The normalized spacial score (nSPS) is 12.8. The Balaban J connectivity index is 1.44. The van der Waals surface area contributed by atoms with Crippen LogP contribution in [0.5, 0.6) is 11.5 Å². The number of fused-ring (bicyclic) bond motifs is 2. The van der Waals surface area contributed by atoms with Crippen LogP contribution in [0.25, 0.3) is 10.9 Å². The Morgan fingerprint density at radius 2 is 1.89 bits per heavy atom. The maximum absolute atomic E-state index is 12.3. The number of hydrogen-bond donors (Lipinski definition) is 2. The van der Waals surface area contributed by atoms with E-state index in [0.717, 1.165) is 16.5 Å². The molecule has 3 aromatic rings. The van der Waals surface area contributed by atoms with Crippen molar-refractivity contribution in [3.8, 4) is 11.5 Å². The predicted octanol–water partition coefficient (Wildman–Crippen LogP) is 3.18. The standard InChI is InChI=1S/C21H20N2O4/c1-13-2-5-17-15(10-13)11-14(21(25)23-17)3-7-20(24)22-16-4-6-18-19(12-16)27-9-8-26-18/h2,4-6,10-12H,3,7-9H2,1H3,(H,22,24)(H,23,25). The van der Waals surface area contributed by atoms with Gasteiger partial charge in [-0.3, -0.25) is 9.59 Å². The monoisotopic (exact) mass is 364 g/mol. The second kappa shape index (κ2) is 7.15. The summed E-state index contributed by atoms with van der Waals surface area (Å²) in [7, 11) is 0. The van der Waals surface area contributed by atoms with Crippen LogP contribution in [0.1, 0.15) is 17.5 Å². The lowest BCUT2D eigenvalue weighted by Gasteiger charge is -2.19. The highest BCUT2D eigenvalue weighted by molar-refractivity contribution is 5.91. The van der Waals surface area contributed by atoms with Gasteiger partial charge in [0.25, 0.3) is 5.56 Å². The van der Waals surface area contributed by atoms with E-state index in [-0.39, 0.29) is 17.9 Å². The minimum atomic E-state index is -0.157. The Morgan fingerprint density at radius 1 is 1.07 bits per heavy atom. The molecule has 1 amide bonds. The van der Waals surface area contributed by atoms with Crippen LogP contribution in [0.2, 0.25) is 0 Å². The van der Waals surface area contributed by atoms with E-state index in [9.17, 15) is 9.59 Å². The Morgan fingerprint density at radius 3 is 2.74 bits per heavy atom. The van der Waals surface area contributed by atoms with Crippen LogP contribution in [-0.4, -0.2) is 24.1 Å². The van der Waals surface area contributed by atoms with E-state index in [1.807, 2.05) is 31.2 Å². The first-order valence-corrected chi connectivity index (χ1v) is 8.90. The first kappa shape index (κ1) is 17.1. The van der Waals surface area contributed by atoms with Crippen LogP contribution >= 0.6 is 0 Å². The Hall–Kier alpha value is -3.28. The first-order chi connectivity index (χ1) is 13.1. The zero-order chi connectivity index (χ0) is 18.8. The summed E-state index contributed by atoms with van der Waals surface area (Å²) >= 11 is 0. The van der Waals surface area contributed by atoms with Crippen molar-refractivity contribution in [3.63, 3.8) is 0 Å². The average molecular weight is 364 g/mol. The van der Waals surface area contributed by atoms with Gasteiger partial charge in [-0.2, -0.15) is 0 Å². The van der Waals surface area contributed by atoms with E-state index in [2.05, 4.69) is 10.3 Å². The van der Waals surface area contributed by atoms with Gasteiger partial charge in [-0.25, -0.2) is 0 Å². The number of carbonyl (C=O) groups is 1. The number of amides is 1. The van der Waals surface area contributed by atoms with Crippen molar-refractivity contribution >= 4 is 22.5 Å². The number of aryl methyl sites for hydroxylation is 2. The number of pyridine rings is 1.